The van der Waals surface area contributed by atoms with Crippen molar-refractivity contribution in [3.63, 3.8) is 0 Å². The minimum Gasteiger partial charge on any atom is -0.507 e. The summed E-state index contributed by atoms with van der Waals surface area (Å²) in [7, 11) is -10.6. The first-order valence-electron chi connectivity index (χ1n) is 5.08. The SMILES string of the molecule is O=S(=O)(O)N(c1cccc2cccc(O)c12)S(=O)(=O)O. The highest BCUT2D eigenvalue weighted by atomic mass is 32.3. The molecule has 0 saturated carbocycles. The molecular weight excluding hydrogens is 310 g/mol. The molecule has 8 nitrogen and oxygen atoms in total. The summed E-state index contributed by atoms with van der Waals surface area (Å²) >= 11 is 0. The largest absolute Gasteiger partial charge is 0.507 e. The Kier molecular flexibility index (Phi) is 3.34. The van der Waals surface area contributed by atoms with E-state index in [1.807, 2.05) is 0 Å². The van der Waals surface area contributed by atoms with Gasteiger partial charge in [-0.1, -0.05) is 24.3 Å². The van der Waals surface area contributed by atoms with Crippen LogP contribution >= 0.6 is 0 Å². The second-order valence-electron chi connectivity index (χ2n) is 3.81. The van der Waals surface area contributed by atoms with Gasteiger partial charge in [0.2, 0.25) is 0 Å². The van der Waals surface area contributed by atoms with Crippen LogP contribution in [0.4, 0.5) is 5.69 Å². The van der Waals surface area contributed by atoms with Crippen LogP contribution in [0.1, 0.15) is 0 Å². The van der Waals surface area contributed by atoms with Crippen molar-refractivity contribution in [3.8, 4) is 5.75 Å². The Morgan fingerprint density at radius 3 is 1.85 bits per heavy atom. The summed E-state index contributed by atoms with van der Waals surface area (Å²) in [4.78, 5) is 0. The molecule has 2 rings (SSSR count). The highest BCUT2D eigenvalue weighted by molar-refractivity contribution is 8.05. The topological polar surface area (TPSA) is 132 Å². The van der Waals surface area contributed by atoms with Gasteiger partial charge in [-0.3, -0.25) is 9.11 Å². The second-order valence-corrected chi connectivity index (χ2v) is 6.56. The van der Waals surface area contributed by atoms with Gasteiger partial charge < -0.3 is 5.11 Å². The Bertz CT molecular complexity index is 836. The van der Waals surface area contributed by atoms with Crippen molar-refractivity contribution in [3.05, 3.63) is 36.4 Å². The average Bonchev–Trinajstić information content (AvgIpc) is 2.25. The Morgan fingerprint density at radius 1 is 0.850 bits per heavy atom. The standard InChI is InChI=1S/C10H9NO7S2/c12-9-6-2-4-7-3-1-5-8(10(7)9)11(19(13,14)15)20(16,17)18/h1-6,12H,(H,13,14,15)(H,16,17,18). The number of rotatable bonds is 3. The normalized spacial score (nSPS) is 12.5. The van der Waals surface area contributed by atoms with Crippen LogP contribution in [0.25, 0.3) is 10.8 Å². The molecule has 0 atom stereocenters. The maximum atomic E-state index is 11.2. The predicted octanol–water partition coefficient (Wildman–Crippen LogP) is 0.957. The summed E-state index contributed by atoms with van der Waals surface area (Å²) in [5.74, 6) is -0.407. The van der Waals surface area contributed by atoms with Crippen molar-refractivity contribution in [1.29, 1.82) is 0 Å². The van der Waals surface area contributed by atoms with E-state index in [2.05, 4.69) is 0 Å². The van der Waals surface area contributed by atoms with Crippen LogP contribution in [0, 0.1) is 0 Å². The third-order valence-electron chi connectivity index (χ3n) is 2.48. The zero-order valence-corrected chi connectivity index (χ0v) is 11.3. The van der Waals surface area contributed by atoms with Gasteiger partial charge in [0.05, 0.1) is 5.69 Å². The van der Waals surface area contributed by atoms with E-state index in [4.69, 9.17) is 9.11 Å². The monoisotopic (exact) mass is 319 g/mol. The molecule has 0 radical (unpaired) electrons. The highest BCUT2D eigenvalue weighted by Crippen LogP contribution is 2.35. The second kappa shape index (κ2) is 4.59. The molecule has 3 N–H and O–H groups in total. The van der Waals surface area contributed by atoms with Crippen molar-refractivity contribution in [2.24, 2.45) is 0 Å². The number of nitrogens with zero attached hydrogens (tertiary/aromatic N) is 1. The van der Waals surface area contributed by atoms with E-state index < -0.39 is 35.8 Å². The molecule has 20 heavy (non-hydrogen) atoms. The molecule has 0 aliphatic rings. The number of anilines is 1. The Hall–Kier alpha value is -1.88. The predicted molar refractivity (Wildman–Crippen MR) is 71.2 cm³/mol. The molecule has 0 aliphatic carbocycles. The van der Waals surface area contributed by atoms with Crippen molar-refractivity contribution in [2.45, 2.75) is 0 Å². The van der Waals surface area contributed by atoms with Gasteiger partial charge in [0, 0.05) is 5.39 Å². The van der Waals surface area contributed by atoms with Crippen LogP contribution in [0.3, 0.4) is 0 Å². The zero-order chi connectivity index (χ0) is 15.1. The maximum Gasteiger partial charge on any atom is 0.375 e. The summed E-state index contributed by atoms with van der Waals surface area (Å²) in [6.07, 6.45) is 0. The quantitative estimate of drug-likeness (QED) is 0.718. The minimum absolute atomic E-state index is 0.148. The lowest BCUT2D eigenvalue weighted by Crippen LogP contribution is -2.36. The van der Waals surface area contributed by atoms with Gasteiger partial charge in [-0.25, -0.2) is 0 Å². The molecule has 0 amide bonds. The zero-order valence-electron chi connectivity index (χ0n) is 9.70. The summed E-state index contributed by atoms with van der Waals surface area (Å²) < 4.78 is 62.2. The molecule has 0 heterocycles. The van der Waals surface area contributed by atoms with Crippen LogP contribution in [-0.2, 0) is 20.6 Å². The number of phenols is 1. The lowest BCUT2D eigenvalue weighted by atomic mass is 10.1. The lowest BCUT2D eigenvalue weighted by Gasteiger charge is -2.18. The van der Waals surface area contributed by atoms with Crippen LogP contribution < -0.4 is 3.71 Å². The molecule has 0 spiro atoms. The smallest absolute Gasteiger partial charge is 0.375 e. The van der Waals surface area contributed by atoms with Gasteiger partial charge in [-0.05, 0) is 17.5 Å². The number of aromatic hydroxyl groups is 1. The summed E-state index contributed by atoms with van der Waals surface area (Å²) in [6.45, 7) is 0. The summed E-state index contributed by atoms with van der Waals surface area (Å²) in [6, 6.07) is 7.98. The molecule has 0 fully saturated rings. The molecule has 2 aromatic rings. The third-order valence-corrected chi connectivity index (χ3v) is 4.84. The van der Waals surface area contributed by atoms with E-state index in [1.165, 1.54) is 30.3 Å². The van der Waals surface area contributed by atoms with Crippen LogP contribution in [0.5, 0.6) is 5.75 Å². The van der Waals surface area contributed by atoms with Gasteiger partial charge in [-0.2, -0.15) is 16.8 Å². The number of hydrogen-bond donors (Lipinski definition) is 3. The van der Waals surface area contributed by atoms with Crippen molar-refractivity contribution < 1.29 is 31.0 Å². The first kappa shape index (κ1) is 14.5. The van der Waals surface area contributed by atoms with E-state index in [0.717, 1.165) is 6.07 Å². The number of fused-ring (bicyclic) bond motifs is 1. The van der Waals surface area contributed by atoms with E-state index in [0.29, 0.717) is 5.39 Å². The fourth-order valence-electron chi connectivity index (χ4n) is 1.82. The minimum atomic E-state index is -5.30. The Morgan fingerprint density at radius 2 is 1.35 bits per heavy atom. The van der Waals surface area contributed by atoms with Crippen LogP contribution in [-0.4, -0.2) is 31.0 Å². The Labute approximate surface area is 114 Å². The molecular formula is C10H9NO7S2. The molecule has 108 valence electrons. The average molecular weight is 319 g/mol. The molecule has 0 aromatic heterocycles. The molecule has 2 aromatic carbocycles. The van der Waals surface area contributed by atoms with Crippen LogP contribution in [0.2, 0.25) is 0 Å². The summed E-state index contributed by atoms with van der Waals surface area (Å²) in [5.41, 5.74) is -0.592. The van der Waals surface area contributed by atoms with E-state index in [1.54, 1.807) is 0 Å². The number of hydrogen-bond acceptors (Lipinski definition) is 5. The van der Waals surface area contributed by atoms with Crippen molar-refractivity contribution in [2.75, 3.05) is 3.71 Å². The molecule has 10 heteroatoms. The van der Waals surface area contributed by atoms with Crippen molar-refractivity contribution in [1.82, 2.24) is 0 Å². The molecule has 0 bridgehead atoms. The van der Waals surface area contributed by atoms with Gasteiger partial charge in [0.1, 0.15) is 5.75 Å². The molecule has 0 saturated heterocycles. The van der Waals surface area contributed by atoms with Gasteiger partial charge in [0.15, 0.2) is 0 Å². The van der Waals surface area contributed by atoms with Gasteiger partial charge >= 0.3 is 20.6 Å². The lowest BCUT2D eigenvalue weighted by molar-refractivity contribution is 0.466. The van der Waals surface area contributed by atoms with Crippen LogP contribution in [0.15, 0.2) is 36.4 Å². The number of benzene rings is 2. The first-order chi connectivity index (χ1) is 9.12. The van der Waals surface area contributed by atoms with E-state index in [-0.39, 0.29) is 5.39 Å². The molecule has 0 unspecified atom stereocenters. The first-order valence-corrected chi connectivity index (χ1v) is 7.88. The van der Waals surface area contributed by atoms with Gasteiger partial charge in [-0.15, -0.1) is 3.71 Å². The Balaban J connectivity index is 2.94. The third kappa shape index (κ3) is 2.54. The van der Waals surface area contributed by atoms with E-state index in [9.17, 15) is 21.9 Å². The van der Waals surface area contributed by atoms with Crippen molar-refractivity contribution >= 4 is 37.1 Å². The highest BCUT2D eigenvalue weighted by Gasteiger charge is 2.33. The fraction of sp³-hybridized carbons (Fsp3) is 0. The maximum absolute atomic E-state index is 11.2. The van der Waals surface area contributed by atoms with Gasteiger partial charge in [0.25, 0.3) is 0 Å². The number of phenolic OH excluding ortho intramolecular Hbond substituents is 1. The van der Waals surface area contributed by atoms with E-state index >= 15 is 0 Å². The molecule has 0 aliphatic heterocycles. The summed E-state index contributed by atoms with van der Waals surface area (Å²) in [5, 5.41) is 9.92. The fourth-order valence-corrected chi connectivity index (χ4v) is 3.58.